The van der Waals surface area contributed by atoms with E-state index in [1.54, 1.807) is 19.1 Å². The van der Waals surface area contributed by atoms with Gasteiger partial charge in [0.1, 0.15) is 6.33 Å². The molecule has 3 aromatic rings. The van der Waals surface area contributed by atoms with E-state index in [9.17, 15) is 22.8 Å². The summed E-state index contributed by atoms with van der Waals surface area (Å²) in [5.41, 5.74) is -0.698. The Labute approximate surface area is 193 Å². The largest absolute Gasteiger partial charge is 0.417 e. The highest BCUT2D eigenvalue weighted by atomic mass is 32.1. The lowest BCUT2D eigenvalue weighted by Crippen LogP contribution is -2.29. The third-order valence-electron chi connectivity index (χ3n) is 4.82. The minimum Gasteiger partial charge on any atom is -0.342 e. The van der Waals surface area contributed by atoms with Crippen LogP contribution in [0, 0.1) is 5.92 Å². The molecule has 1 aliphatic carbocycles. The Bertz CT molecular complexity index is 1150. The normalized spacial score (nSPS) is 14.2. The fourth-order valence-electron chi connectivity index (χ4n) is 2.96. The van der Waals surface area contributed by atoms with Crippen molar-refractivity contribution in [1.82, 2.24) is 30.0 Å². The Morgan fingerprint density at radius 3 is 2.55 bits per heavy atom. The molecular formula is C20H20F3N7O2S. The summed E-state index contributed by atoms with van der Waals surface area (Å²) in [6.07, 6.45) is 1.63. The summed E-state index contributed by atoms with van der Waals surface area (Å²) < 4.78 is 40.0. The molecule has 3 aromatic heterocycles. The van der Waals surface area contributed by atoms with E-state index < -0.39 is 23.7 Å². The minimum atomic E-state index is -4.61. The van der Waals surface area contributed by atoms with Crippen LogP contribution in [0.15, 0.2) is 43.1 Å². The van der Waals surface area contributed by atoms with Crippen LogP contribution in [-0.2, 0) is 11.0 Å². The first-order valence-electron chi connectivity index (χ1n) is 9.72. The Morgan fingerprint density at radius 2 is 1.91 bits per heavy atom. The molecule has 0 saturated heterocycles. The van der Waals surface area contributed by atoms with Gasteiger partial charge in [-0.2, -0.15) is 36.4 Å². The van der Waals surface area contributed by atoms with Gasteiger partial charge in [0, 0.05) is 18.3 Å². The zero-order valence-electron chi connectivity index (χ0n) is 17.3. The summed E-state index contributed by atoms with van der Waals surface area (Å²) in [6, 6.07) is 3.34. The van der Waals surface area contributed by atoms with Crippen LogP contribution in [0.1, 0.15) is 47.6 Å². The number of alkyl halides is 3. The smallest absolute Gasteiger partial charge is 0.342 e. The molecule has 1 fully saturated rings. The molecule has 0 bridgehead atoms. The van der Waals surface area contributed by atoms with Crippen molar-refractivity contribution in [1.29, 1.82) is 0 Å². The van der Waals surface area contributed by atoms with Crippen LogP contribution < -0.4 is 10.6 Å². The number of halogens is 3. The second kappa shape index (κ2) is 9.57. The van der Waals surface area contributed by atoms with E-state index in [1.165, 1.54) is 17.2 Å². The highest BCUT2D eigenvalue weighted by Gasteiger charge is 2.32. The molecule has 33 heavy (non-hydrogen) atoms. The van der Waals surface area contributed by atoms with Gasteiger partial charge in [0.25, 0.3) is 5.91 Å². The second-order valence-corrected chi connectivity index (χ2v) is 7.35. The molecule has 1 saturated carbocycles. The van der Waals surface area contributed by atoms with Crippen LogP contribution in [0.25, 0.3) is 5.82 Å². The number of amides is 2. The number of nitrogens with zero attached hydrogens (tertiary/aromatic N) is 5. The number of hydrogen-bond acceptors (Lipinski definition) is 6. The molecule has 0 unspecified atom stereocenters. The lowest BCUT2D eigenvalue weighted by Gasteiger charge is -2.15. The number of rotatable bonds is 6. The first-order valence-corrected chi connectivity index (χ1v) is 9.72. The average molecular weight is 479 g/mol. The van der Waals surface area contributed by atoms with E-state index in [0.29, 0.717) is 23.5 Å². The summed E-state index contributed by atoms with van der Waals surface area (Å²) in [7, 11) is 0. The first-order chi connectivity index (χ1) is 15.2. The topological polar surface area (TPSA) is 115 Å². The van der Waals surface area contributed by atoms with Gasteiger partial charge >= 0.3 is 6.18 Å². The van der Waals surface area contributed by atoms with Crippen molar-refractivity contribution in [2.24, 2.45) is 5.92 Å². The lowest BCUT2D eigenvalue weighted by molar-refractivity contribution is -0.137. The van der Waals surface area contributed by atoms with Crippen molar-refractivity contribution in [2.45, 2.75) is 32.0 Å². The molecule has 0 radical (unpaired) electrons. The minimum absolute atomic E-state index is 0. The third kappa shape index (κ3) is 5.66. The van der Waals surface area contributed by atoms with Gasteiger partial charge in [-0.25, -0.2) is 9.97 Å². The Kier molecular flexibility index (Phi) is 7.01. The van der Waals surface area contributed by atoms with Gasteiger partial charge < -0.3 is 10.6 Å². The Morgan fingerprint density at radius 1 is 1.15 bits per heavy atom. The van der Waals surface area contributed by atoms with Gasteiger partial charge in [0.15, 0.2) is 11.6 Å². The Balaban J connectivity index is 0.00000306. The predicted molar refractivity (Wildman–Crippen MR) is 116 cm³/mol. The SMILES string of the molecule is C[C@H](NC(=O)c1cncc(C(F)(F)F)c1)c1ncnn1-c1ccc(NC(=O)C2CC2)cn1.S. The molecule has 3 heterocycles. The standard InChI is InChI=1S/C20H18F3N7O2.H2S/c1-11(28-19(32)13-6-14(8-24-7-13)20(21,22)23)17-26-10-27-30(17)16-5-4-15(9-25-16)29-18(31)12-2-3-12;/h4-12H,2-3H2,1H3,(H,28,32)(H,29,31);1H2/t11-;/m0./s1. The van der Waals surface area contributed by atoms with E-state index in [-0.39, 0.29) is 30.9 Å². The maximum absolute atomic E-state index is 12.9. The molecule has 4 rings (SSSR count). The van der Waals surface area contributed by atoms with E-state index in [1.807, 2.05) is 0 Å². The van der Waals surface area contributed by atoms with Crippen LogP contribution >= 0.6 is 13.5 Å². The van der Waals surface area contributed by atoms with E-state index in [2.05, 4.69) is 30.7 Å². The van der Waals surface area contributed by atoms with Crippen molar-refractivity contribution in [3.63, 3.8) is 0 Å². The molecule has 13 heteroatoms. The molecule has 0 aliphatic heterocycles. The summed E-state index contributed by atoms with van der Waals surface area (Å²) in [4.78, 5) is 36.2. The van der Waals surface area contributed by atoms with Gasteiger partial charge in [-0.15, -0.1) is 0 Å². The van der Waals surface area contributed by atoms with Crippen LogP contribution in [0.5, 0.6) is 0 Å². The fourth-order valence-corrected chi connectivity index (χ4v) is 2.96. The van der Waals surface area contributed by atoms with Gasteiger partial charge in [-0.1, -0.05) is 0 Å². The molecule has 2 N–H and O–H groups in total. The summed E-state index contributed by atoms with van der Waals surface area (Å²) in [5, 5.41) is 9.48. The zero-order chi connectivity index (χ0) is 22.9. The quantitative estimate of drug-likeness (QED) is 0.562. The van der Waals surface area contributed by atoms with Crippen LogP contribution in [0.3, 0.4) is 0 Å². The van der Waals surface area contributed by atoms with E-state index in [4.69, 9.17) is 0 Å². The van der Waals surface area contributed by atoms with Crippen LogP contribution in [0.4, 0.5) is 18.9 Å². The van der Waals surface area contributed by atoms with Gasteiger partial charge in [-0.3, -0.25) is 14.6 Å². The van der Waals surface area contributed by atoms with Gasteiger partial charge in [-0.05, 0) is 38.0 Å². The number of carbonyl (C=O) groups is 2. The number of carbonyl (C=O) groups excluding carboxylic acids is 2. The highest BCUT2D eigenvalue weighted by Crippen LogP contribution is 2.30. The van der Waals surface area contributed by atoms with Crippen molar-refractivity contribution < 1.29 is 22.8 Å². The van der Waals surface area contributed by atoms with Crippen molar-refractivity contribution >= 4 is 31.0 Å². The van der Waals surface area contributed by atoms with Crippen LogP contribution in [0.2, 0.25) is 0 Å². The van der Waals surface area contributed by atoms with Crippen molar-refractivity contribution in [3.8, 4) is 5.82 Å². The maximum atomic E-state index is 12.9. The molecule has 174 valence electrons. The van der Waals surface area contributed by atoms with Crippen molar-refractivity contribution in [2.75, 3.05) is 5.32 Å². The van der Waals surface area contributed by atoms with Crippen LogP contribution in [-0.4, -0.2) is 36.5 Å². The predicted octanol–water partition coefficient (Wildman–Crippen LogP) is 3.03. The fraction of sp³-hybridized carbons (Fsp3) is 0.300. The molecule has 0 spiro atoms. The van der Waals surface area contributed by atoms with Crippen molar-refractivity contribution in [3.05, 3.63) is 60.1 Å². The van der Waals surface area contributed by atoms with Gasteiger partial charge in [0.2, 0.25) is 5.91 Å². The molecular weight excluding hydrogens is 459 g/mol. The first kappa shape index (κ1) is 24.2. The molecule has 0 aromatic carbocycles. The number of pyridine rings is 2. The maximum Gasteiger partial charge on any atom is 0.417 e. The summed E-state index contributed by atoms with van der Waals surface area (Å²) in [6.45, 7) is 1.61. The lowest BCUT2D eigenvalue weighted by atomic mass is 10.2. The molecule has 1 aliphatic rings. The van der Waals surface area contributed by atoms with Gasteiger partial charge in [0.05, 0.1) is 29.1 Å². The second-order valence-electron chi connectivity index (χ2n) is 7.35. The molecule has 1 atom stereocenters. The van der Waals surface area contributed by atoms with E-state index in [0.717, 1.165) is 25.1 Å². The monoisotopic (exact) mass is 479 g/mol. The third-order valence-corrected chi connectivity index (χ3v) is 4.82. The summed E-state index contributed by atoms with van der Waals surface area (Å²) in [5.74, 6) is -0.00413. The number of aromatic nitrogens is 5. The van der Waals surface area contributed by atoms with E-state index >= 15 is 0 Å². The Hall–Kier alpha value is -3.48. The highest BCUT2D eigenvalue weighted by molar-refractivity contribution is 7.59. The number of nitrogens with one attached hydrogen (secondary N) is 2. The average Bonchev–Trinajstić information content (AvgIpc) is 3.50. The summed E-state index contributed by atoms with van der Waals surface area (Å²) >= 11 is 0. The number of anilines is 1. The molecule has 2 amide bonds. The molecule has 9 nitrogen and oxygen atoms in total. The number of hydrogen-bond donors (Lipinski definition) is 2. The zero-order valence-corrected chi connectivity index (χ0v) is 18.3.